The van der Waals surface area contributed by atoms with E-state index in [1.54, 1.807) is 18.2 Å². The molecule has 20 heavy (non-hydrogen) atoms. The standard InChI is InChI=1S/C14H17Cl2NO3/c1-14(2,13(19)20)17(3)12(18)7-5-9-4-6-10(15)8-11(9)16/h4,6,8H,5,7H2,1-3H3,(H,19,20). The monoisotopic (exact) mass is 317 g/mol. The maximum Gasteiger partial charge on any atom is 0.329 e. The lowest BCUT2D eigenvalue weighted by Crippen LogP contribution is -2.50. The van der Waals surface area contributed by atoms with Gasteiger partial charge in [0.2, 0.25) is 5.91 Å². The molecule has 1 aromatic carbocycles. The van der Waals surface area contributed by atoms with Crippen molar-refractivity contribution in [2.24, 2.45) is 0 Å². The zero-order valence-electron chi connectivity index (χ0n) is 11.6. The van der Waals surface area contributed by atoms with E-state index in [0.29, 0.717) is 16.5 Å². The zero-order chi connectivity index (χ0) is 15.5. The Hall–Kier alpha value is -1.26. The molecule has 0 atom stereocenters. The molecule has 0 unspecified atom stereocenters. The molecule has 0 aliphatic heterocycles. The number of carbonyl (C=O) groups is 2. The Morgan fingerprint density at radius 2 is 1.90 bits per heavy atom. The second-order valence-electron chi connectivity index (χ2n) is 5.05. The average Bonchev–Trinajstić information content (AvgIpc) is 2.36. The molecule has 1 aromatic rings. The topological polar surface area (TPSA) is 57.6 Å². The number of aliphatic carboxylic acids is 1. The summed E-state index contributed by atoms with van der Waals surface area (Å²) in [6.45, 7) is 2.98. The van der Waals surface area contributed by atoms with Crippen LogP contribution in [0.2, 0.25) is 10.0 Å². The number of likely N-dealkylation sites (N-methyl/N-ethyl adjacent to an activating group) is 1. The molecule has 0 fully saturated rings. The molecule has 0 saturated heterocycles. The van der Waals surface area contributed by atoms with Crippen molar-refractivity contribution in [1.29, 1.82) is 0 Å². The fourth-order valence-corrected chi connectivity index (χ4v) is 2.09. The molecule has 6 heteroatoms. The van der Waals surface area contributed by atoms with Gasteiger partial charge in [0.1, 0.15) is 5.54 Å². The van der Waals surface area contributed by atoms with Gasteiger partial charge in [-0.3, -0.25) is 4.79 Å². The van der Waals surface area contributed by atoms with Gasteiger partial charge in [-0.2, -0.15) is 0 Å². The first kappa shape index (κ1) is 16.8. The Morgan fingerprint density at radius 1 is 1.30 bits per heavy atom. The number of nitrogens with zero attached hydrogens (tertiary/aromatic N) is 1. The van der Waals surface area contributed by atoms with Gasteiger partial charge < -0.3 is 10.0 Å². The molecule has 110 valence electrons. The highest BCUT2D eigenvalue weighted by Gasteiger charge is 2.34. The summed E-state index contributed by atoms with van der Waals surface area (Å²) >= 11 is 11.8. The second kappa shape index (κ2) is 6.46. The van der Waals surface area contributed by atoms with Crippen LogP contribution in [0.5, 0.6) is 0 Å². The normalized spacial score (nSPS) is 11.2. The molecule has 4 nitrogen and oxygen atoms in total. The van der Waals surface area contributed by atoms with Crippen LogP contribution in [0.15, 0.2) is 18.2 Å². The number of hydrogen-bond acceptors (Lipinski definition) is 2. The number of carboxylic acid groups (broad SMARTS) is 1. The van der Waals surface area contributed by atoms with Crippen LogP contribution in [0.25, 0.3) is 0 Å². The highest BCUT2D eigenvalue weighted by molar-refractivity contribution is 6.35. The highest BCUT2D eigenvalue weighted by atomic mass is 35.5. The number of benzene rings is 1. The number of carbonyl (C=O) groups excluding carboxylic acids is 1. The molecule has 0 saturated carbocycles. The van der Waals surface area contributed by atoms with Gasteiger partial charge in [0.15, 0.2) is 0 Å². The van der Waals surface area contributed by atoms with Gasteiger partial charge >= 0.3 is 5.97 Å². The van der Waals surface area contributed by atoms with Crippen LogP contribution in [0, 0.1) is 0 Å². The molecule has 0 bridgehead atoms. The molecule has 0 aliphatic rings. The van der Waals surface area contributed by atoms with Crippen molar-refractivity contribution in [1.82, 2.24) is 4.90 Å². The lowest BCUT2D eigenvalue weighted by molar-refractivity contribution is -0.155. The molecule has 1 rings (SSSR count). The number of hydrogen-bond donors (Lipinski definition) is 1. The van der Waals surface area contributed by atoms with E-state index in [1.165, 1.54) is 25.8 Å². The van der Waals surface area contributed by atoms with Gasteiger partial charge in [-0.25, -0.2) is 4.79 Å². The van der Waals surface area contributed by atoms with E-state index in [2.05, 4.69) is 0 Å². The molecule has 1 amide bonds. The number of aryl methyl sites for hydroxylation is 1. The van der Waals surface area contributed by atoms with E-state index in [4.69, 9.17) is 28.3 Å². The predicted molar refractivity (Wildman–Crippen MR) is 79.3 cm³/mol. The zero-order valence-corrected chi connectivity index (χ0v) is 13.1. The van der Waals surface area contributed by atoms with Crippen molar-refractivity contribution in [2.75, 3.05) is 7.05 Å². The third-order valence-electron chi connectivity index (χ3n) is 3.36. The fraction of sp³-hybridized carbons (Fsp3) is 0.429. The van der Waals surface area contributed by atoms with Gasteiger partial charge in [0.05, 0.1) is 0 Å². The average molecular weight is 318 g/mol. The van der Waals surface area contributed by atoms with Crippen LogP contribution in [-0.2, 0) is 16.0 Å². The molecule has 0 aromatic heterocycles. The third-order valence-corrected chi connectivity index (χ3v) is 3.95. The molecular weight excluding hydrogens is 301 g/mol. The van der Waals surface area contributed by atoms with Crippen LogP contribution < -0.4 is 0 Å². The maximum absolute atomic E-state index is 12.0. The van der Waals surface area contributed by atoms with Crippen LogP contribution in [0.4, 0.5) is 0 Å². The third kappa shape index (κ3) is 3.87. The minimum absolute atomic E-state index is 0.189. The van der Waals surface area contributed by atoms with Crippen molar-refractivity contribution < 1.29 is 14.7 Å². The van der Waals surface area contributed by atoms with Crippen LogP contribution in [-0.4, -0.2) is 34.5 Å². The molecule has 1 N–H and O–H groups in total. The maximum atomic E-state index is 12.0. The Morgan fingerprint density at radius 3 is 2.40 bits per heavy atom. The van der Waals surface area contributed by atoms with Gasteiger partial charge in [0, 0.05) is 23.5 Å². The highest BCUT2D eigenvalue weighted by Crippen LogP contribution is 2.23. The summed E-state index contributed by atoms with van der Waals surface area (Å²) in [4.78, 5) is 24.4. The Bertz CT molecular complexity index is 529. The summed E-state index contributed by atoms with van der Waals surface area (Å²) in [5, 5.41) is 10.1. The summed E-state index contributed by atoms with van der Waals surface area (Å²) in [7, 11) is 1.49. The summed E-state index contributed by atoms with van der Waals surface area (Å²) < 4.78 is 0. The van der Waals surface area contributed by atoms with E-state index in [9.17, 15) is 9.59 Å². The summed E-state index contributed by atoms with van der Waals surface area (Å²) in [5.41, 5.74) is -0.424. The number of halogens is 2. The van der Waals surface area contributed by atoms with Crippen molar-refractivity contribution in [3.05, 3.63) is 33.8 Å². The van der Waals surface area contributed by atoms with Gasteiger partial charge in [-0.1, -0.05) is 29.3 Å². The smallest absolute Gasteiger partial charge is 0.329 e. The summed E-state index contributed by atoms with van der Waals surface area (Å²) in [6, 6.07) is 5.09. The molecule has 0 radical (unpaired) electrons. The van der Waals surface area contributed by atoms with E-state index in [-0.39, 0.29) is 12.3 Å². The SMILES string of the molecule is CN(C(=O)CCc1ccc(Cl)cc1Cl)C(C)(C)C(=O)O. The first-order chi connectivity index (χ1) is 9.16. The van der Waals surface area contributed by atoms with Crippen LogP contribution in [0.1, 0.15) is 25.8 Å². The molecular formula is C14H17Cl2NO3. The van der Waals surface area contributed by atoms with Crippen molar-refractivity contribution in [2.45, 2.75) is 32.2 Å². The van der Waals surface area contributed by atoms with E-state index in [0.717, 1.165) is 5.56 Å². The van der Waals surface area contributed by atoms with Crippen molar-refractivity contribution in [3.63, 3.8) is 0 Å². The Kier molecular flexibility index (Phi) is 5.42. The molecule has 0 heterocycles. The van der Waals surface area contributed by atoms with Gasteiger partial charge in [0.25, 0.3) is 0 Å². The Labute approximate surface area is 128 Å². The van der Waals surface area contributed by atoms with Crippen LogP contribution >= 0.6 is 23.2 Å². The lowest BCUT2D eigenvalue weighted by atomic mass is 10.0. The quantitative estimate of drug-likeness (QED) is 0.906. The minimum atomic E-state index is -1.24. The minimum Gasteiger partial charge on any atom is -0.480 e. The largest absolute Gasteiger partial charge is 0.480 e. The number of carboxylic acids is 1. The predicted octanol–water partition coefficient (Wildman–Crippen LogP) is 3.25. The van der Waals surface area contributed by atoms with E-state index >= 15 is 0 Å². The molecule has 0 spiro atoms. The lowest BCUT2D eigenvalue weighted by Gasteiger charge is -2.31. The summed E-state index contributed by atoms with van der Waals surface area (Å²) in [6.07, 6.45) is 0.628. The van der Waals surface area contributed by atoms with Crippen molar-refractivity contribution >= 4 is 35.1 Å². The van der Waals surface area contributed by atoms with E-state index < -0.39 is 11.5 Å². The Balaban J connectivity index is 2.70. The van der Waals surface area contributed by atoms with Crippen LogP contribution in [0.3, 0.4) is 0 Å². The second-order valence-corrected chi connectivity index (χ2v) is 5.90. The number of rotatable bonds is 5. The summed E-state index contributed by atoms with van der Waals surface area (Å²) in [5.74, 6) is -1.29. The van der Waals surface area contributed by atoms with Crippen molar-refractivity contribution in [3.8, 4) is 0 Å². The van der Waals surface area contributed by atoms with E-state index in [1.807, 2.05) is 0 Å². The fourth-order valence-electron chi connectivity index (χ4n) is 1.59. The van der Waals surface area contributed by atoms with Gasteiger partial charge in [-0.05, 0) is 38.0 Å². The molecule has 0 aliphatic carbocycles. The first-order valence-electron chi connectivity index (χ1n) is 6.10. The number of amides is 1. The van der Waals surface area contributed by atoms with Gasteiger partial charge in [-0.15, -0.1) is 0 Å². The first-order valence-corrected chi connectivity index (χ1v) is 6.86.